The lowest BCUT2D eigenvalue weighted by Gasteiger charge is -2.36. The highest BCUT2D eigenvalue weighted by molar-refractivity contribution is 6.10. The first-order valence-corrected chi connectivity index (χ1v) is 9.77. The zero-order valence-electron chi connectivity index (χ0n) is 15.8. The third kappa shape index (κ3) is 2.31. The molecule has 2 aromatic carbocycles. The molecular weight excluding hydrogens is 354 g/mol. The Hall–Kier alpha value is -2.86. The Bertz CT molecular complexity index is 942. The molecule has 2 saturated heterocycles. The first-order chi connectivity index (χ1) is 13.6. The second-order valence-electron chi connectivity index (χ2n) is 7.76. The molecule has 6 nitrogen and oxygen atoms in total. The topological polar surface area (TPSA) is 70.7 Å². The van der Waals surface area contributed by atoms with Crippen molar-refractivity contribution < 1.29 is 14.3 Å². The molecule has 2 fully saturated rings. The van der Waals surface area contributed by atoms with E-state index >= 15 is 0 Å². The largest absolute Gasteiger partial charge is 0.497 e. The SMILES string of the molecule is COc1ccc(NC(=O)[C@@H]2C[C@@H]3CCCN3[C@]23C(=O)Nc2ccccc23)cc1. The Kier molecular flexibility index (Phi) is 3.91. The predicted molar refractivity (Wildman–Crippen MR) is 106 cm³/mol. The summed E-state index contributed by atoms with van der Waals surface area (Å²) in [5.74, 6) is 0.128. The number of fused-ring (bicyclic) bond motifs is 4. The monoisotopic (exact) mass is 377 g/mol. The van der Waals surface area contributed by atoms with Crippen molar-refractivity contribution >= 4 is 23.2 Å². The minimum Gasteiger partial charge on any atom is -0.497 e. The lowest BCUT2D eigenvalue weighted by atomic mass is 9.78. The molecule has 6 heteroatoms. The molecule has 0 aromatic heterocycles. The molecule has 2 N–H and O–H groups in total. The van der Waals surface area contributed by atoms with Gasteiger partial charge in [-0.2, -0.15) is 0 Å². The number of nitrogens with zero attached hydrogens (tertiary/aromatic N) is 1. The summed E-state index contributed by atoms with van der Waals surface area (Å²) in [6, 6.07) is 15.3. The summed E-state index contributed by atoms with van der Waals surface area (Å²) >= 11 is 0. The van der Waals surface area contributed by atoms with Crippen LogP contribution in [-0.2, 0) is 15.1 Å². The van der Waals surface area contributed by atoms with E-state index in [1.54, 1.807) is 7.11 Å². The van der Waals surface area contributed by atoms with Gasteiger partial charge in [0, 0.05) is 23.0 Å². The van der Waals surface area contributed by atoms with E-state index in [-0.39, 0.29) is 17.9 Å². The summed E-state index contributed by atoms with van der Waals surface area (Å²) in [6.45, 7) is 0.846. The quantitative estimate of drug-likeness (QED) is 0.863. The van der Waals surface area contributed by atoms with Crippen LogP contribution in [0.3, 0.4) is 0 Å². The van der Waals surface area contributed by atoms with Crippen molar-refractivity contribution in [2.75, 3.05) is 24.3 Å². The van der Waals surface area contributed by atoms with Gasteiger partial charge in [-0.1, -0.05) is 18.2 Å². The molecule has 28 heavy (non-hydrogen) atoms. The molecule has 0 saturated carbocycles. The molecule has 144 valence electrons. The average Bonchev–Trinajstić information content (AvgIpc) is 3.37. The molecule has 3 atom stereocenters. The van der Waals surface area contributed by atoms with E-state index in [0.717, 1.165) is 36.4 Å². The minimum absolute atomic E-state index is 0.0759. The van der Waals surface area contributed by atoms with Crippen molar-refractivity contribution in [2.45, 2.75) is 30.8 Å². The van der Waals surface area contributed by atoms with Crippen LogP contribution in [0.2, 0.25) is 0 Å². The Labute approximate surface area is 163 Å². The van der Waals surface area contributed by atoms with Crippen LogP contribution in [0.15, 0.2) is 48.5 Å². The summed E-state index contributed by atoms with van der Waals surface area (Å²) in [4.78, 5) is 28.9. The zero-order valence-corrected chi connectivity index (χ0v) is 15.8. The maximum absolute atomic E-state index is 13.4. The molecule has 0 bridgehead atoms. The number of ether oxygens (including phenoxy) is 1. The average molecular weight is 377 g/mol. The molecule has 0 unspecified atom stereocenters. The van der Waals surface area contributed by atoms with E-state index in [9.17, 15) is 9.59 Å². The maximum atomic E-state index is 13.4. The van der Waals surface area contributed by atoms with Crippen molar-refractivity contribution in [3.8, 4) is 5.75 Å². The summed E-state index contributed by atoms with van der Waals surface area (Å²) in [5.41, 5.74) is 1.55. The number of hydrogen-bond acceptors (Lipinski definition) is 4. The first kappa shape index (κ1) is 17.3. The number of para-hydroxylation sites is 1. The minimum atomic E-state index is -0.908. The molecule has 3 aliphatic heterocycles. The standard InChI is InChI=1S/C22H23N3O3/c1-28-16-10-8-14(9-11-16)23-20(26)18-13-15-5-4-12-25(15)22(18)17-6-2-3-7-19(17)24-21(22)27/h2-3,6-11,15,18H,4-5,12-13H2,1H3,(H,23,26)(H,24,27)/t15-,18-,22-/m0/s1. The van der Waals surface area contributed by atoms with Crippen LogP contribution < -0.4 is 15.4 Å². The molecule has 1 spiro atoms. The number of hydrogen-bond donors (Lipinski definition) is 2. The van der Waals surface area contributed by atoms with Crippen LogP contribution in [-0.4, -0.2) is 36.4 Å². The van der Waals surface area contributed by atoms with E-state index in [1.165, 1.54) is 0 Å². The number of benzene rings is 2. The second-order valence-corrected chi connectivity index (χ2v) is 7.76. The smallest absolute Gasteiger partial charge is 0.250 e. The maximum Gasteiger partial charge on any atom is 0.250 e. The van der Waals surface area contributed by atoms with Gasteiger partial charge in [-0.25, -0.2) is 0 Å². The highest BCUT2D eigenvalue weighted by atomic mass is 16.5. The molecule has 0 radical (unpaired) electrons. The van der Waals surface area contributed by atoms with Crippen molar-refractivity contribution in [3.05, 3.63) is 54.1 Å². The van der Waals surface area contributed by atoms with Gasteiger partial charge in [-0.15, -0.1) is 0 Å². The molecule has 5 rings (SSSR count). The lowest BCUT2D eigenvalue weighted by molar-refractivity contribution is -0.135. The van der Waals surface area contributed by atoms with Gasteiger partial charge in [0.15, 0.2) is 0 Å². The molecule has 2 amide bonds. The Morgan fingerprint density at radius 1 is 1.21 bits per heavy atom. The number of methoxy groups -OCH3 is 1. The lowest BCUT2D eigenvalue weighted by Crippen LogP contribution is -2.53. The van der Waals surface area contributed by atoms with E-state index < -0.39 is 11.5 Å². The van der Waals surface area contributed by atoms with Crippen molar-refractivity contribution in [1.29, 1.82) is 0 Å². The Balaban J connectivity index is 1.53. The number of amides is 2. The molecule has 3 aliphatic rings. The highest BCUT2D eigenvalue weighted by Gasteiger charge is 2.65. The molecule has 3 heterocycles. The number of rotatable bonds is 3. The van der Waals surface area contributed by atoms with Gasteiger partial charge in [0.05, 0.1) is 13.0 Å². The zero-order chi connectivity index (χ0) is 19.3. The van der Waals surface area contributed by atoms with Crippen LogP contribution in [0.25, 0.3) is 0 Å². The van der Waals surface area contributed by atoms with Crippen molar-refractivity contribution in [2.24, 2.45) is 5.92 Å². The van der Waals surface area contributed by atoms with Crippen LogP contribution >= 0.6 is 0 Å². The number of carbonyl (C=O) groups excluding carboxylic acids is 2. The van der Waals surface area contributed by atoms with Gasteiger partial charge < -0.3 is 15.4 Å². The van der Waals surface area contributed by atoms with Gasteiger partial charge in [0.1, 0.15) is 11.3 Å². The van der Waals surface area contributed by atoms with Crippen molar-refractivity contribution in [3.63, 3.8) is 0 Å². The number of anilines is 2. The van der Waals surface area contributed by atoms with Gasteiger partial charge in [0.25, 0.3) is 0 Å². The van der Waals surface area contributed by atoms with E-state index in [1.807, 2.05) is 48.5 Å². The van der Waals surface area contributed by atoms with Crippen LogP contribution in [0.5, 0.6) is 5.75 Å². The highest BCUT2D eigenvalue weighted by Crippen LogP contribution is 2.55. The first-order valence-electron chi connectivity index (χ1n) is 9.77. The van der Waals surface area contributed by atoms with Gasteiger partial charge >= 0.3 is 0 Å². The molecule has 2 aromatic rings. The number of nitrogens with one attached hydrogen (secondary N) is 2. The van der Waals surface area contributed by atoms with Crippen LogP contribution in [0.4, 0.5) is 11.4 Å². The third-order valence-electron chi connectivity index (χ3n) is 6.45. The van der Waals surface area contributed by atoms with Gasteiger partial charge in [0.2, 0.25) is 11.8 Å². The Morgan fingerprint density at radius 3 is 2.79 bits per heavy atom. The van der Waals surface area contributed by atoms with Crippen LogP contribution in [0.1, 0.15) is 24.8 Å². The molecular formula is C22H23N3O3. The predicted octanol–water partition coefficient (Wildman–Crippen LogP) is 2.97. The molecule has 0 aliphatic carbocycles. The summed E-state index contributed by atoms with van der Waals surface area (Å²) in [5, 5.41) is 6.06. The fourth-order valence-electron chi connectivity index (χ4n) is 5.28. The summed E-state index contributed by atoms with van der Waals surface area (Å²) < 4.78 is 5.18. The van der Waals surface area contributed by atoms with Crippen LogP contribution in [0, 0.1) is 5.92 Å². The Morgan fingerprint density at radius 2 is 2.00 bits per heavy atom. The fraction of sp³-hybridized carbons (Fsp3) is 0.364. The van der Waals surface area contributed by atoms with Gasteiger partial charge in [-0.3, -0.25) is 14.5 Å². The second kappa shape index (κ2) is 6.34. The van der Waals surface area contributed by atoms with Gasteiger partial charge in [-0.05, 0) is 56.1 Å². The van der Waals surface area contributed by atoms with E-state index in [0.29, 0.717) is 12.1 Å². The van der Waals surface area contributed by atoms with E-state index in [2.05, 4.69) is 15.5 Å². The normalized spacial score (nSPS) is 28.1. The van der Waals surface area contributed by atoms with Crippen molar-refractivity contribution in [1.82, 2.24) is 4.90 Å². The fourth-order valence-corrected chi connectivity index (χ4v) is 5.28. The third-order valence-corrected chi connectivity index (χ3v) is 6.45. The van der Waals surface area contributed by atoms with E-state index in [4.69, 9.17) is 4.74 Å². The summed E-state index contributed by atoms with van der Waals surface area (Å²) in [6.07, 6.45) is 2.79. The summed E-state index contributed by atoms with van der Waals surface area (Å²) in [7, 11) is 1.61. The number of carbonyl (C=O) groups is 2.